The van der Waals surface area contributed by atoms with E-state index in [1.807, 2.05) is 18.2 Å². The lowest BCUT2D eigenvalue weighted by atomic mass is 10.0. The quantitative estimate of drug-likeness (QED) is 0.759. The summed E-state index contributed by atoms with van der Waals surface area (Å²) >= 11 is 9.56. The molecule has 1 aliphatic rings. The predicted molar refractivity (Wildman–Crippen MR) is 84.7 cm³/mol. The molecule has 0 spiro atoms. The standard InChI is InChI=1S/C16H15BrClN/c17-14-3-1-2-4-15(14)19-16(11-5-6-11)12-7-9-13(18)10-8-12/h1-4,7-11,16,19H,5-6H2. The summed E-state index contributed by atoms with van der Waals surface area (Å²) < 4.78 is 1.11. The zero-order valence-corrected chi connectivity index (χ0v) is 12.8. The molecule has 0 saturated heterocycles. The molecule has 0 heterocycles. The number of hydrogen-bond acceptors (Lipinski definition) is 1. The van der Waals surface area contributed by atoms with Crippen LogP contribution in [0.15, 0.2) is 53.0 Å². The molecule has 0 bridgehead atoms. The Hall–Kier alpha value is -0.990. The van der Waals surface area contributed by atoms with Crippen LogP contribution in [0.2, 0.25) is 5.02 Å². The van der Waals surface area contributed by atoms with Gasteiger partial charge in [0.2, 0.25) is 0 Å². The largest absolute Gasteiger partial charge is 0.377 e. The van der Waals surface area contributed by atoms with Crippen LogP contribution in [0.1, 0.15) is 24.4 Å². The van der Waals surface area contributed by atoms with E-state index in [0.29, 0.717) is 6.04 Å². The van der Waals surface area contributed by atoms with Gasteiger partial charge in [-0.1, -0.05) is 35.9 Å². The van der Waals surface area contributed by atoms with E-state index < -0.39 is 0 Å². The van der Waals surface area contributed by atoms with Gasteiger partial charge in [0, 0.05) is 15.2 Å². The van der Waals surface area contributed by atoms with E-state index in [1.165, 1.54) is 18.4 Å². The van der Waals surface area contributed by atoms with Crippen molar-refractivity contribution in [3.63, 3.8) is 0 Å². The number of para-hydroxylation sites is 1. The lowest BCUT2D eigenvalue weighted by molar-refractivity contribution is 0.678. The van der Waals surface area contributed by atoms with Crippen molar-refractivity contribution in [3.8, 4) is 0 Å². The van der Waals surface area contributed by atoms with Crippen LogP contribution in [0.3, 0.4) is 0 Å². The molecule has 1 unspecified atom stereocenters. The molecule has 1 fully saturated rings. The second kappa shape index (κ2) is 5.56. The molecule has 0 aliphatic heterocycles. The Morgan fingerprint density at radius 1 is 1.05 bits per heavy atom. The van der Waals surface area contributed by atoms with Crippen LogP contribution in [-0.2, 0) is 0 Å². The highest BCUT2D eigenvalue weighted by Crippen LogP contribution is 2.43. The van der Waals surface area contributed by atoms with E-state index in [-0.39, 0.29) is 0 Å². The molecule has 0 amide bonds. The first-order valence-electron chi connectivity index (χ1n) is 6.50. The van der Waals surface area contributed by atoms with Gasteiger partial charge < -0.3 is 5.32 Å². The summed E-state index contributed by atoms with van der Waals surface area (Å²) in [4.78, 5) is 0. The Balaban J connectivity index is 1.86. The van der Waals surface area contributed by atoms with Crippen molar-refractivity contribution in [1.29, 1.82) is 0 Å². The minimum absolute atomic E-state index is 0.371. The van der Waals surface area contributed by atoms with E-state index in [0.717, 1.165) is 21.1 Å². The molecule has 1 saturated carbocycles. The van der Waals surface area contributed by atoms with Crippen molar-refractivity contribution >= 4 is 33.2 Å². The first kappa shape index (κ1) is 13.0. The Kier molecular flexibility index (Phi) is 3.81. The van der Waals surface area contributed by atoms with Crippen molar-refractivity contribution in [2.45, 2.75) is 18.9 Å². The normalized spacial score (nSPS) is 16.1. The highest BCUT2D eigenvalue weighted by atomic mass is 79.9. The second-order valence-corrected chi connectivity index (χ2v) is 6.28. The fourth-order valence-corrected chi connectivity index (χ4v) is 2.84. The van der Waals surface area contributed by atoms with Crippen molar-refractivity contribution in [2.75, 3.05) is 5.32 Å². The van der Waals surface area contributed by atoms with E-state index >= 15 is 0 Å². The summed E-state index contributed by atoms with van der Waals surface area (Å²) in [6.45, 7) is 0. The monoisotopic (exact) mass is 335 g/mol. The predicted octanol–water partition coefficient (Wildman–Crippen LogP) is 5.67. The minimum Gasteiger partial charge on any atom is -0.377 e. The van der Waals surface area contributed by atoms with Gasteiger partial charge in [0.1, 0.15) is 0 Å². The van der Waals surface area contributed by atoms with Crippen molar-refractivity contribution < 1.29 is 0 Å². The molecular weight excluding hydrogens is 322 g/mol. The molecule has 1 N–H and O–H groups in total. The molecule has 3 rings (SSSR count). The smallest absolute Gasteiger partial charge is 0.0542 e. The van der Waals surface area contributed by atoms with Crippen molar-refractivity contribution in [3.05, 3.63) is 63.6 Å². The van der Waals surface area contributed by atoms with Gasteiger partial charge >= 0.3 is 0 Å². The number of rotatable bonds is 4. The summed E-state index contributed by atoms with van der Waals surface area (Å²) in [7, 11) is 0. The van der Waals surface area contributed by atoms with Crippen LogP contribution >= 0.6 is 27.5 Å². The third kappa shape index (κ3) is 3.13. The molecule has 2 aromatic rings. The molecule has 1 aliphatic carbocycles. The zero-order valence-electron chi connectivity index (χ0n) is 10.4. The van der Waals surface area contributed by atoms with Gasteiger partial charge in [-0.15, -0.1) is 0 Å². The summed E-state index contributed by atoms with van der Waals surface area (Å²) in [5, 5.41) is 4.45. The van der Waals surface area contributed by atoms with Gasteiger partial charge in [-0.25, -0.2) is 0 Å². The van der Waals surface area contributed by atoms with Gasteiger partial charge in [0.25, 0.3) is 0 Å². The molecular formula is C16H15BrClN. The van der Waals surface area contributed by atoms with Crippen LogP contribution in [0, 0.1) is 5.92 Å². The number of nitrogens with one attached hydrogen (secondary N) is 1. The van der Waals surface area contributed by atoms with Crippen molar-refractivity contribution in [2.24, 2.45) is 5.92 Å². The molecule has 2 aromatic carbocycles. The van der Waals surface area contributed by atoms with Gasteiger partial charge in [-0.2, -0.15) is 0 Å². The third-order valence-electron chi connectivity index (χ3n) is 3.51. The van der Waals surface area contributed by atoms with Gasteiger partial charge in [0.05, 0.1) is 6.04 Å². The SMILES string of the molecule is Clc1ccc(C(Nc2ccccc2Br)C2CC2)cc1. The van der Waals surface area contributed by atoms with Gasteiger partial charge in [-0.3, -0.25) is 0 Å². The maximum atomic E-state index is 5.97. The molecule has 1 atom stereocenters. The van der Waals surface area contributed by atoms with Gasteiger partial charge in [-0.05, 0) is 64.5 Å². The Labute approximate surface area is 127 Å². The Morgan fingerprint density at radius 3 is 2.37 bits per heavy atom. The molecule has 0 aromatic heterocycles. The average molecular weight is 337 g/mol. The zero-order chi connectivity index (χ0) is 13.2. The number of anilines is 1. The fourth-order valence-electron chi connectivity index (χ4n) is 2.32. The summed E-state index contributed by atoms with van der Waals surface area (Å²) in [6.07, 6.45) is 2.59. The molecule has 3 heteroatoms. The van der Waals surface area contributed by atoms with E-state index in [2.05, 4.69) is 51.6 Å². The van der Waals surface area contributed by atoms with Crippen molar-refractivity contribution in [1.82, 2.24) is 0 Å². The van der Waals surface area contributed by atoms with Crippen LogP contribution in [-0.4, -0.2) is 0 Å². The summed E-state index contributed by atoms with van der Waals surface area (Å²) in [5.41, 5.74) is 2.46. The van der Waals surface area contributed by atoms with Crippen LogP contribution in [0.4, 0.5) is 5.69 Å². The number of benzene rings is 2. The highest BCUT2D eigenvalue weighted by Gasteiger charge is 2.32. The molecule has 1 nitrogen and oxygen atoms in total. The minimum atomic E-state index is 0.371. The van der Waals surface area contributed by atoms with E-state index in [1.54, 1.807) is 0 Å². The number of halogens is 2. The number of hydrogen-bond donors (Lipinski definition) is 1. The first-order valence-corrected chi connectivity index (χ1v) is 7.67. The topological polar surface area (TPSA) is 12.0 Å². The van der Waals surface area contributed by atoms with Crippen LogP contribution in [0.25, 0.3) is 0 Å². The molecule has 19 heavy (non-hydrogen) atoms. The van der Waals surface area contributed by atoms with Crippen LogP contribution < -0.4 is 5.32 Å². The summed E-state index contributed by atoms with van der Waals surface area (Å²) in [6, 6.07) is 16.8. The fraction of sp³-hybridized carbons (Fsp3) is 0.250. The Bertz CT molecular complexity index is 563. The van der Waals surface area contributed by atoms with Gasteiger partial charge in [0.15, 0.2) is 0 Å². The highest BCUT2D eigenvalue weighted by molar-refractivity contribution is 9.10. The molecule has 98 valence electrons. The Morgan fingerprint density at radius 2 is 1.74 bits per heavy atom. The lowest BCUT2D eigenvalue weighted by Crippen LogP contribution is -2.13. The molecule has 0 radical (unpaired) electrons. The van der Waals surface area contributed by atoms with E-state index in [4.69, 9.17) is 11.6 Å². The maximum absolute atomic E-state index is 5.97. The van der Waals surface area contributed by atoms with Crippen LogP contribution in [0.5, 0.6) is 0 Å². The second-order valence-electron chi connectivity index (χ2n) is 4.99. The summed E-state index contributed by atoms with van der Waals surface area (Å²) in [5.74, 6) is 0.730. The average Bonchev–Trinajstić information content (AvgIpc) is 3.24. The maximum Gasteiger partial charge on any atom is 0.0542 e. The third-order valence-corrected chi connectivity index (χ3v) is 4.45. The first-order chi connectivity index (χ1) is 9.24. The lowest BCUT2D eigenvalue weighted by Gasteiger charge is -2.21. The van der Waals surface area contributed by atoms with E-state index in [9.17, 15) is 0 Å².